The summed E-state index contributed by atoms with van der Waals surface area (Å²) >= 11 is 0. The molecule has 0 spiro atoms. The van der Waals surface area contributed by atoms with Crippen molar-refractivity contribution >= 4 is 15.7 Å². The van der Waals surface area contributed by atoms with E-state index in [-0.39, 0.29) is 4.90 Å². The summed E-state index contributed by atoms with van der Waals surface area (Å²) in [4.78, 5) is 4.57. The van der Waals surface area contributed by atoms with Gasteiger partial charge in [0.1, 0.15) is 0 Å². The zero-order valence-electron chi connectivity index (χ0n) is 15.6. The molecule has 1 heterocycles. The van der Waals surface area contributed by atoms with Gasteiger partial charge in [0, 0.05) is 11.5 Å². The molecule has 0 atom stereocenters. The van der Waals surface area contributed by atoms with Crippen molar-refractivity contribution < 1.29 is 12.8 Å². The number of oxazole rings is 1. The Morgan fingerprint density at radius 3 is 2.41 bits per heavy atom. The third-order valence-corrected chi connectivity index (χ3v) is 6.42. The van der Waals surface area contributed by atoms with Crippen molar-refractivity contribution in [2.24, 2.45) is 0 Å². The van der Waals surface area contributed by atoms with E-state index in [0.29, 0.717) is 28.5 Å². The second-order valence-electron chi connectivity index (χ2n) is 7.19. The largest absolute Gasteiger partial charge is 0.440 e. The second-order valence-corrected chi connectivity index (χ2v) is 8.84. The van der Waals surface area contributed by atoms with Crippen molar-refractivity contribution in [1.82, 2.24) is 4.98 Å². The van der Waals surface area contributed by atoms with E-state index >= 15 is 0 Å². The molecule has 0 amide bonds. The van der Waals surface area contributed by atoms with E-state index in [1.54, 1.807) is 25.3 Å². The van der Waals surface area contributed by atoms with Crippen molar-refractivity contribution in [3.05, 3.63) is 65.2 Å². The average Bonchev–Trinajstić information content (AvgIpc) is 3.36. The Bertz CT molecular complexity index is 1090. The van der Waals surface area contributed by atoms with E-state index < -0.39 is 10.0 Å². The molecule has 4 rings (SSSR count). The second kappa shape index (κ2) is 6.53. The summed E-state index contributed by atoms with van der Waals surface area (Å²) in [7, 11) is -3.73. The van der Waals surface area contributed by atoms with Crippen LogP contribution < -0.4 is 4.72 Å². The van der Waals surface area contributed by atoms with Crippen LogP contribution in [0.4, 0.5) is 5.69 Å². The maximum atomic E-state index is 13.1. The summed E-state index contributed by atoms with van der Waals surface area (Å²) in [6, 6.07) is 11.0. The number of hydrogen-bond donors (Lipinski definition) is 1. The number of para-hydroxylation sites is 1. The number of rotatable bonds is 5. The molecule has 1 fully saturated rings. The van der Waals surface area contributed by atoms with Gasteiger partial charge in [0.15, 0.2) is 11.7 Å². The fraction of sp³-hybridized carbons (Fsp3) is 0.286. The van der Waals surface area contributed by atoms with E-state index in [0.717, 1.165) is 29.9 Å². The van der Waals surface area contributed by atoms with Gasteiger partial charge < -0.3 is 4.42 Å². The smallest absolute Gasteiger partial charge is 0.262 e. The van der Waals surface area contributed by atoms with Crippen LogP contribution in [-0.2, 0) is 10.0 Å². The molecule has 6 heteroatoms. The van der Waals surface area contributed by atoms with Crippen LogP contribution in [0.1, 0.15) is 41.3 Å². The molecule has 0 bridgehead atoms. The van der Waals surface area contributed by atoms with Gasteiger partial charge in [0.05, 0.1) is 16.8 Å². The van der Waals surface area contributed by atoms with Gasteiger partial charge in [0.25, 0.3) is 10.0 Å². The van der Waals surface area contributed by atoms with Crippen LogP contribution in [0, 0.1) is 20.8 Å². The third-order valence-electron chi connectivity index (χ3n) is 4.93. The van der Waals surface area contributed by atoms with Crippen molar-refractivity contribution in [2.75, 3.05) is 4.72 Å². The minimum absolute atomic E-state index is 0.243. The number of hydrogen-bond acceptors (Lipinski definition) is 4. The number of nitrogens with zero attached hydrogens (tertiary/aromatic N) is 1. The Hall–Kier alpha value is -2.60. The summed E-state index contributed by atoms with van der Waals surface area (Å²) < 4.78 is 34.7. The van der Waals surface area contributed by atoms with Crippen LogP contribution >= 0.6 is 0 Å². The molecular weight excluding hydrogens is 360 g/mol. The molecule has 0 radical (unpaired) electrons. The maximum absolute atomic E-state index is 13.1. The monoisotopic (exact) mass is 382 g/mol. The number of aryl methyl sites for hydroxylation is 3. The molecule has 0 unspecified atom stereocenters. The predicted molar refractivity (Wildman–Crippen MR) is 105 cm³/mol. The molecule has 1 saturated carbocycles. The van der Waals surface area contributed by atoms with Gasteiger partial charge >= 0.3 is 0 Å². The molecule has 3 aromatic rings. The average molecular weight is 382 g/mol. The SMILES string of the molecule is Cc1ccc(-c2cnc(C3CC3)o2)cc1S(=O)(=O)Nc1c(C)cccc1C. The number of anilines is 1. The van der Waals surface area contributed by atoms with Gasteiger partial charge in [-0.15, -0.1) is 0 Å². The highest BCUT2D eigenvalue weighted by Crippen LogP contribution is 2.40. The first kappa shape index (κ1) is 17.8. The number of nitrogens with one attached hydrogen (secondary N) is 1. The van der Waals surface area contributed by atoms with Crippen molar-refractivity contribution in [1.29, 1.82) is 0 Å². The Labute approximate surface area is 159 Å². The molecule has 1 aliphatic rings. The highest BCUT2D eigenvalue weighted by Gasteiger charge is 2.29. The highest BCUT2D eigenvalue weighted by atomic mass is 32.2. The molecule has 140 valence electrons. The fourth-order valence-corrected chi connectivity index (χ4v) is 4.62. The van der Waals surface area contributed by atoms with E-state index in [9.17, 15) is 8.42 Å². The maximum Gasteiger partial charge on any atom is 0.262 e. The van der Waals surface area contributed by atoms with Gasteiger partial charge in [-0.1, -0.05) is 30.3 Å². The lowest BCUT2D eigenvalue weighted by molar-refractivity contribution is 0.509. The van der Waals surface area contributed by atoms with Crippen LogP contribution in [0.5, 0.6) is 0 Å². The van der Waals surface area contributed by atoms with Gasteiger partial charge in [-0.2, -0.15) is 0 Å². The van der Waals surface area contributed by atoms with Crippen molar-refractivity contribution in [3.63, 3.8) is 0 Å². The van der Waals surface area contributed by atoms with Crippen LogP contribution in [0.15, 0.2) is 51.9 Å². The van der Waals surface area contributed by atoms with Crippen molar-refractivity contribution in [2.45, 2.75) is 44.4 Å². The Morgan fingerprint density at radius 2 is 1.74 bits per heavy atom. The van der Waals surface area contributed by atoms with Gasteiger partial charge in [0.2, 0.25) is 0 Å². The van der Waals surface area contributed by atoms with Crippen LogP contribution in [0.3, 0.4) is 0 Å². The van der Waals surface area contributed by atoms with Crippen molar-refractivity contribution in [3.8, 4) is 11.3 Å². The molecular formula is C21H22N2O3S. The molecule has 0 aliphatic heterocycles. The summed E-state index contributed by atoms with van der Waals surface area (Å²) in [5.41, 5.74) is 3.78. The quantitative estimate of drug-likeness (QED) is 0.678. The number of benzene rings is 2. The Balaban J connectivity index is 1.71. The lowest BCUT2D eigenvalue weighted by atomic mass is 10.1. The normalized spacial score (nSPS) is 14.3. The lowest BCUT2D eigenvalue weighted by Crippen LogP contribution is -2.16. The lowest BCUT2D eigenvalue weighted by Gasteiger charge is -2.15. The Kier molecular flexibility index (Phi) is 4.30. The zero-order chi connectivity index (χ0) is 19.2. The van der Waals surface area contributed by atoms with Crippen LogP contribution in [-0.4, -0.2) is 13.4 Å². The molecule has 1 aromatic heterocycles. The molecule has 1 aliphatic carbocycles. The first-order valence-corrected chi connectivity index (χ1v) is 10.5. The third kappa shape index (κ3) is 3.49. The first-order chi connectivity index (χ1) is 12.8. The molecule has 5 nitrogen and oxygen atoms in total. The Morgan fingerprint density at radius 1 is 1.04 bits per heavy atom. The fourth-order valence-electron chi connectivity index (χ4n) is 3.15. The van der Waals surface area contributed by atoms with E-state index in [1.165, 1.54) is 0 Å². The number of aromatic nitrogens is 1. The van der Waals surface area contributed by atoms with Crippen LogP contribution in [0.25, 0.3) is 11.3 Å². The molecule has 0 saturated heterocycles. The van der Waals surface area contributed by atoms with E-state index in [1.807, 2.05) is 38.1 Å². The topological polar surface area (TPSA) is 72.2 Å². The van der Waals surface area contributed by atoms with E-state index in [4.69, 9.17) is 4.42 Å². The van der Waals surface area contributed by atoms with Crippen LogP contribution in [0.2, 0.25) is 0 Å². The summed E-state index contributed by atoms with van der Waals surface area (Å²) in [6.07, 6.45) is 3.88. The predicted octanol–water partition coefficient (Wildman–Crippen LogP) is 4.95. The highest BCUT2D eigenvalue weighted by molar-refractivity contribution is 7.92. The zero-order valence-corrected chi connectivity index (χ0v) is 16.4. The summed E-state index contributed by atoms with van der Waals surface area (Å²) in [6.45, 7) is 5.57. The minimum atomic E-state index is -3.73. The van der Waals surface area contributed by atoms with E-state index in [2.05, 4.69) is 9.71 Å². The van der Waals surface area contributed by atoms with Gasteiger partial charge in [-0.05, 0) is 56.4 Å². The first-order valence-electron chi connectivity index (χ1n) is 9.01. The van der Waals surface area contributed by atoms with Gasteiger partial charge in [-0.3, -0.25) is 4.72 Å². The summed E-state index contributed by atoms with van der Waals surface area (Å²) in [5.74, 6) is 1.75. The van der Waals surface area contributed by atoms with Gasteiger partial charge in [-0.25, -0.2) is 13.4 Å². The molecule has 2 aromatic carbocycles. The summed E-state index contributed by atoms with van der Waals surface area (Å²) in [5, 5.41) is 0. The molecule has 27 heavy (non-hydrogen) atoms. The number of sulfonamides is 1. The molecule has 1 N–H and O–H groups in total. The minimum Gasteiger partial charge on any atom is -0.440 e. The standard InChI is InChI=1S/C21H22N2O3S/c1-13-7-8-17(18-12-22-21(26-18)16-9-10-16)11-19(13)27(24,25)23-20-14(2)5-4-6-15(20)3/h4-8,11-12,16,23H,9-10H2,1-3H3.